The molecule has 0 atom stereocenters. The number of benzene rings is 11. The van der Waals surface area contributed by atoms with Gasteiger partial charge in [0.05, 0.1) is 17.1 Å². The van der Waals surface area contributed by atoms with Crippen LogP contribution in [-0.4, -0.2) is 0 Å². The largest absolute Gasteiger partial charge is 0.310 e. The van der Waals surface area contributed by atoms with Crippen LogP contribution < -0.4 is 9.80 Å². The lowest BCUT2D eigenvalue weighted by Crippen LogP contribution is -2.14. The number of halogens is 1. The highest BCUT2D eigenvalue weighted by molar-refractivity contribution is 6.38. The van der Waals surface area contributed by atoms with Gasteiger partial charge in [-0.1, -0.05) is 152 Å². The third-order valence-electron chi connectivity index (χ3n) is 12.2. The van der Waals surface area contributed by atoms with Gasteiger partial charge in [-0.15, -0.1) is 0 Å². The number of para-hydroxylation sites is 3. The molecule has 290 valence electrons. The molecular weight excluding hydrogens is 744 g/mol. The van der Waals surface area contributed by atoms with Gasteiger partial charge in [-0.25, -0.2) is 4.39 Å². The van der Waals surface area contributed by atoms with Crippen LogP contribution in [0.1, 0.15) is 11.1 Å². The average Bonchev–Trinajstić information content (AvgIpc) is 3.31. The van der Waals surface area contributed by atoms with Crippen molar-refractivity contribution >= 4 is 77.2 Å². The zero-order valence-corrected chi connectivity index (χ0v) is 34.0. The SMILES string of the molecule is Cc1cc(N(c2ccccc2)c2ccccc2)c2c3ccccc3c3c(C)cc(N(c4ccccc4)c4c(F)cc(-c5ccccc5)cc4-c4ccccc4)c4ccc1c2c43. The first kappa shape index (κ1) is 36.3. The lowest BCUT2D eigenvalue weighted by Gasteiger charge is -2.32. The van der Waals surface area contributed by atoms with Gasteiger partial charge in [-0.05, 0) is 124 Å². The molecule has 11 rings (SSSR count). The minimum absolute atomic E-state index is 0.294. The fourth-order valence-electron chi connectivity index (χ4n) is 9.61. The minimum Gasteiger partial charge on any atom is -0.310 e. The second kappa shape index (κ2) is 14.8. The summed E-state index contributed by atoms with van der Waals surface area (Å²) in [5.74, 6) is -0.294. The highest BCUT2D eigenvalue weighted by Crippen LogP contribution is 2.53. The molecule has 0 aliphatic carbocycles. The van der Waals surface area contributed by atoms with Crippen molar-refractivity contribution in [1.29, 1.82) is 0 Å². The molecule has 0 saturated carbocycles. The third kappa shape index (κ3) is 6.00. The molecule has 2 nitrogen and oxygen atoms in total. The van der Waals surface area contributed by atoms with E-state index in [1.807, 2.05) is 66.7 Å². The molecule has 0 aliphatic heterocycles. The van der Waals surface area contributed by atoms with Gasteiger partial charge in [-0.2, -0.15) is 0 Å². The number of hydrogen-bond donors (Lipinski definition) is 0. The van der Waals surface area contributed by atoms with Crippen molar-refractivity contribution in [2.24, 2.45) is 0 Å². The van der Waals surface area contributed by atoms with Crippen LogP contribution in [0, 0.1) is 19.7 Å². The summed E-state index contributed by atoms with van der Waals surface area (Å²) in [5, 5.41) is 9.44. The van der Waals surface area contributed by atoms with E-state index in [1.54, 1.807) is 6.07 Å². The zero-order valence-electron chi connectivity index (χ0n) is 34.0. The Morgan fingerprint density at radius 1 is 0.328 bits per heavy atom. The molecule has 0 aromatic heterocycles. The van der Waals surface area contributed by atoms with Crippen LogP contribution in [0.3, 0.4) is 0 Å². The molecule has 0 N–H and O–H groups in total. The summed E-state index contributed by atoms with van der Waals surface area (Å²) < 4.78 is 17.7. The molecule has 0 spiro atoms. The molecule has 0 saturated heterocycles. The van der Waals surface area contributed by atoms with Crippen LogP contribution in [0.4, 0.5) is 38.5 Å². The number of nitrogens with zero attached hydrogens (tertiary/aromatic N) is 2. The summed E-state index contributed by atoms with van der Waals surface area (Å²) >= 11 is 0. The highest BCUT2D eigenvalue weighted by Gasteiger charge is 2.28. The summed E-state index contributed by atoms with van der Waals surface area (Å²) in [6.45, 7) is 4.44. The monoisotopic (exact) mass is 784 g/mol. The molecule has 0 amide bonds. The van der Waals surface area contributed by atoms with Gasteiger partial charge < -0.3 is 9.80 Å². The smallest absolute Gasteiger partial charge is 0.148 e. The second-order valence-electron chi connectivity index (χ2n) is 15.9. The fourth-order valence-corrected chi connectivity index (χ4v) is 9.61. The summed E-state index contributed by atoms with van der Waals surface area (Å²) in [4.78, 5) is 4.55. The van der Waals surface area contributed by atoms with Crippen molar-refractivity contribution in [2.75, 3.05) is 9.80 Å². The Bertz CT molecular complexity index is 3330. The summed E-state index contributed by atoms with van der Waals surface area (Å²) in [6, 6.07) is 73.7. The summed E-state index contributed by atoms with van der Waals surface area (Å²) in [5.41, 5.74) is 11.5. The quantitative estimate of drug-likeness (QED) is 0.112. The number of rotatable bonds is 8. The van der Waals surface area contributed by atoms with Crippen LogP contribution in [0.5, 0.6) is 0 Å². The molecule has 0 unspecified atom stereocenters. The first-order valence-corrected chi connectivity index (χ1v) is 20.9. The Kier molecular flexibility index (Phi) is 8.82. The van der Waals surface area contributed by atoms with Crippen molar-refractivity contribution in [2.45, 2.75) is 13.8 Å². The standard InChI is InChI=1S/C58H41FN2/c1-38-34-53(60(43-24-12-5-13-25-43)44-26-14-6-15-27-44)55-48-31-19-18-30-47(48)54-39(2)35-52(49-33-32-46(38)56(55)57(49)54)61(45-28-16-7-17-29-45)58-50(41-22-10-4-11-23-41)36-42(37-51(58)59)40-20-8-3-9-21-40/h3-37H,1-2H3. The average molecular weight is 785 g/mol. The first-order chi connectivity index (χ1) is 30.0. The normalized spacial score (nSPS) is 11.5. The van der Waals surface area contributed by atoms with Crippen LogP contribution in [0.2, 0.25) is 0 Å². The summed E-state index contributed by atoms with van der Waals surface area (Å²) in [7, 11) is 0. The van der Waals surface area contributed by atoms with Gasteiger partial charge in [0.25, 0.3) is 0 Å². The van der Waals surface area contributed by atoms with E-state index in [0.717, 1.165) is 61.6 Å². The lowest BCUT2D eigenvalue weighted by molar-refractivity contribution is 0.630. The molecule has 0 fully saturated rings. The van der Waals surface area contributed by atoms with Gasteiger partial charge in [0.2, 0.25) is 0 Å². The predicted octanol–water partition coefficient (Wildman–Crippen LogP) is 16.8. The summed E-state index contributed by atoms with van der Waals surface area (Å²) in [6.07, 6.45) is 0. The predicted molar refractivity (Wildman–Crippen MR) is 257 cm³/mol. The Morgan fingerprint density at radius 3 is 1.38 bits per heavy atom. The van der Waals surface area contributed by atoms with E-state index < -0.39 is 0 Å². The molecule has 0 heterocycles. The minimum atomic E-state index is -0.294. The van der Waals surface area contributed by atoms with Crippen LogP contribution in [0.25, 0.3) is 65.3 Å². The van der Waals surface area contributed by atoms with E-state index in [4.69, 9.17) is 0 Å². The number of fused-ring (bicyclic) bond motifs is 3. The molecule has 0 aliphatic rings. The van der Waals surface area contributed by atoms with Crippen molar-refractivity contribution in [1.82, 2.24) is 0 Å². The van der Waals surface area contributed by atoms with E-state index in [9.17, 15) is 0 Å². The Balaban J connectivity index is 1.28. The van der Waals surface area contributed by atoms with Crippen molar-refractivity contribution in [3.63, 3.8) is 0 Å². The highest BCUT2D eigenvalue weighted by atomic mass is 19.1. The van der Waals surface area contributed by atoms with Gasteiger partial charge in [0, 0.05) is 44.2 Å². The molecule has 11 aromatic carbocycles. The number of hydrogen-bond acceptors (Lipinski definition) is 2. The maximum Gasteiger partial charge on any atom is 0.148 e. The van der Waals surface area contributed by atoms with Crippen LogP contribution in [0.15, 0.2) is 212 Å². The first-order valence-electron chi connectivity index (χ1n) is 20.9. The topological polar surface area (TPSA) is 6.48 Å². The van der Waals surface area contributed by atoms with Gasteiger partial charge >= 0.3 is 0 Å². The molecule has 0 bridgehead atoms. The second-order valence-corrected chi connectivity index (χ2v) is 15.9. The van der Waals surface area contributed by atoms with Crippen molar-refractivity contribution in [3.05, 3.63) is 229 Å². The molecule has 0 radical (unpaired) electrons. The third-order valence-corrected chi connectivity index (χ3v) is 12.2. The van der Waals surface area contributed by atoms with Gasteiger partial charge in [0.1, 0.15) is 5.82 Å². The molecular formula is C58H41FN2. The Morgan fingerprint density at radius 2 is 0.787 bits per heavy atom. The molecule has 61 heavy (non-hydrogen) atoms. The number of anilines is 6. The molecule has 3 heteroatoms. The van der Waals surface area contributed by atoms with E-state index in [2.05, 4.69) is 163 Å². The lowest BCUT2D eigenvalue weighted by atomic mass is 9.84. The maximum atomic E-state index is 17.7. The zero-order chi connectivity index (χ0) is 41.0. The Labute approximate surface area is 355 Å². The van der Waals surface area contributed by atoms with E-state index >= 15 is 4.39 Å². The van der Waals surface area contributed by atoms with Crippen LogP contribution in [-0.2, 0) is 0 Å². The van der Waals surface area contributed by atoms with E-state index in [0.29, 0.717) is 5.69 Å². The van der Waals surface area contributed by atoms with Crippen LogP contribution >= 0.6 is 0 Å². The molecule has 11 aromatic rings. The van der Waals surface area contributed by atoms with E-state index in [1.165, 1.54) is 43.3 Å². The van der Waals surface area contributed by atoms with E-state index in [-0.39, 0.29) is 5.82 Å². The number of aryl methyl sites for hydroxylation is 2. The van der Waals surface area contributed by atoms with Gasteiger partial charge in [-0.3, -0.25) is 0 Å². The van der Waals surface area contributed by atoms with Crippen molar-refractivity contribution in [3.8, 4) is 22.3 Å². The van der Waals surface area contributed by atoms with Gasteiger partial charge in [0.15, 0.2) is 0 Å². The fraction of sp³-hybridized carbons (Fsp3) is 0.0345. The Hall–Kier alpha value is -7.75. The van der Waals surface area contributed by atoms with Crippen molar-refractivity contribution < 1.29 is 4.39 Å². The maximum absolute atomic E-state index is 17.7.